The molecule has 122 valence electrons. The van der Waals surface area contributed by atoms with E-state index in [1.54, 1.807) is 12.4 Å². The first-order valence-corrected chi connectivity index (χ1v) is 8.03. The fraction of sp³-hybridized carbons (Fsp3) is 0.368. The van der Waals surface area contributed by atoms with Crippen LogP contribution in [0.2, 0.25) is 0 Å². The van der Waals surface area contributed by atoms with Crippen LogP contribution in [0.25, 0.3) is 0 Å². The quantitative estimate of drug-likeness (QED) is 0.831. The largest absolute Gasteiger partial charge is 0.384 e. The lowest BCUT2D eigenvalue weighted by Crippen LogP contribution is -2.14. The zero-order valence-corrected chi connectivity index (χ0v) is 14.3. The van der Waals surface area contributed by atoms with Crippen molar-refractivity contribution in [1.29, 1.82) is 0 Å². The Balaban J connectivity index is 2.04. The summed E-state index contributed by atoms with van der Waals surface area (Å²) in [6.07, 6.45) is 4.42. The second-order valence-electron chi connectivity index (χ2n) is 6.34. The minimum Gasteiger partial charge on any atom is -0.384 e. The summed E-state index contributed by atoms with van der Waals surface area (Å²) in [5.41, 5.74) is 4.49. The lowest BCUT2D eigenvalue weighted by Gasteiger charge is -2.11. The zero-order valence-electron chi connectivity index (χ0n) is 14.3. The highest BCUT2D eigenvalue weighted by Crippen LogP contribution is 2.18. The number of carbonyl (C=O) groups is 1. The van der Waals surface area contributed by atoms with Crippen LogP contribution in [0.1, 0.15) is 41.8 Å². The van der Waals surface area contributed by atoms with Crippen LogP contribution in [-0.4, -0.2) is 17.4 Å². The number of nitrogens with one attached hydrogen (secondary N) is 2. The van der Waals surface area contributed by atoms with Crippen molar-refractivity contribution in [1.82, 2.24) is 4.98 Å². The van der Waals surface area contributed by atoms with Crippen LogP contribution >= 0.6 is 0 Å². The monoisotopic (exact) mass is 311 g/mol. The summed E-state index contributed by atoms with van der Waals surface area (Å²) in [7, 11) is 0. The Morgan fingerprint density at radius 2 is 1.96 bits per heavy atom. The van der Waals surface area contributed by atoms with Crippen LogP contribution in [-0.2, 0) is 0 Å². The van der Waals surface area contributed by atoms with Gasteiger partial charge in [0.2, 0.25) is 0 Å². The number of anilines is 2. The minimum atomic E-state index is -0.142. The van der Waals surface area contributed by atoms with Gasteiger partial charge in [0, 0.05) is 24.6 Å². The third kappa shape index (κ3) is 5.09. The Labute approximate surface area is 138 Å². The third-order valence-electron chi connectivity index (χ3n) is 3.68. The summed E-state index contributed by atoms with van der Waals surface area (Å²) in [4.78, 5) is 16.6. The minimum absolute atomic E-state index is 0.142. The van der Waals surface area contributed by atoms with Crippen LogP contribution in [0.3, 0.4) is 0 Å². The molecule has 0 unspecified atom stereocenters. The SMILES string of the molecule is Cc1ccc(NC(=O)c2cncc(NCCC(C)C)c2)c(C)c1. The molecule has 0 aliphatic carbocycles. The number of aryl methyl sites for hydroxylation is 2. The van der Waals surface area contributed by atoms with E-state index in [1.165, 1.54) is 5.56 Å². The molecular formula is C19H25N3O. The van der Waals surface area contributed by atoms with E-state index in [4.69, 9.17) is 0 Å². The Morgan fingerprint density at radius 3 is 2.65 bits per heavy atom. The normalized spacial score (nSPS) is 10.7. The molecule has 1 amide bonds. The molecule has 23 heavy (non-hydrogen) atoms. The van der Waals surface area contributed by atoms with Crippen molar-refractivity contribution >= 4 is 17.3 Å². The number of amides is 1. The van der Waals surface area contributed by atoms with Crippen molar-refractivity contribution in [2.24, 2.45) is 5.92 Å². The van der Waals surface area contributed by atoms with E-state index in [0.29, 0.717) is 11.5 Å². The van der Waals surface area contributed by atoms with E-state index < -0.39 is 0 Å². The Morgan fingerprint density at radius 1 is 1.17 bits per heavy atom. The standard InChI is InChI=1S/C19H25N3O/c1-13(2)7-8-21-17-10-16(11-20-12-17)19(23)22-18-6-5-14(3)9-15(18)4/h5-6,9-13,21H,7-8H2,1-4H3,(H,22,23). The summed E-state index contributed by atoms with van der Waals surface area (Å²) in [5.74, 6) is 0.503. The maximum Gasteiger partial charge on any atom is 0.257 e. The molecule has 2 aromatic rings. The Kier molecular flexibility index (Phi) is 5.74. The average molecular weight is 311 g/mol. The summed E-state index contributed by atoms with van der Waals surface area (Å²) in [6, 6.07) is 7.81. The average Bonchev–Trinajstić information content (AvgIpc) is 2.50. The van der Waals surface area contributed by atoms with E-state index in [2.05, 4.69) is 35.5 Å². The first-order valence-electron chi connectivity index (χ1n) is 8.03. The predicted octanol–water partition coefficient (Wildman–Crippen LogP) is 4.41. The number of hydrogen-bond acceptors (Lipinski definition) is 3. The van der Waals surface area contributed by atoms with Crippen molar-refractivity contribution < 1.29 is 4.79 Å². The number of carbonyl (C=O) groups excluding carboxylic acids is 1. The van der Waals surface area contributed by atoms with Gasteiger partial charge in [-0.05, 0) is 43.9 Å². The van der Waals surface area contributed by atoms with Gasteiger partial charge in [-0.15, -0.1) is 0 Å². The van der Waals surface area contributed by atoms with Crippen molar-refractivity contribution in [3.63, 3.8) is 0 Å². The molecule has 1 heterocycles. The number of pyridine rings is 1. The number of nitrogens with zero attached hydrogens (tertiary/aromatic N) is 1. The van der Waals surface area contributed by atoms with Crippen LogP contribution in [0.4, 0.5) is 11.4 Å². The van der Waals surface area contributed by atoms with Crippen molar-refractivity contribution in [3.05, 3.63) is 53.3 Å². The van der Waals surface area contributed by atoms with Gasteiger partial charge in [0.15, 0.2) is 0 Å². The molecule has 1 aromatic carbocycles. The summed E-state index contributed by atoms with van der Waals surface area (Å²) >= 11 is 0. The van der Waals surface area contributed by atoms with Crippen LogP contribution in [0.5, 0.6) is 0 Å². The second-order valence-corrected chi connectivity index (χ2v) is 6.34. The molecule has 2 N–H and O–H groups in total. The highest BCUT2D eigenvalue weighted by Gasteiger charge is 2.09. The van der Waals surface area contributed by atoms with Crippen molar-refractivity contribution in [2.75, 3.05) is 17.2 Å². The van der Waals surface area contributed by atoms with Gasteiger partial charge in [-0.1, -0.05) is 31.5 Å². The third-order valence-corrected chi connectivity index (χ3v) is 3.68. The maximum absolute atomic E-state index is 12.4. The summed E-state index contributed by atoms with van der Waals surface area (Å²) in [5, 5.41) is 6.26. The number of hydrogen-bond donors (Lipinski definition) is 2. The fourth-order valence-corrected chi connectivity index (χ4v) is 2.31. The molecule has 1 aromatic heterocycles. The number of benzene rings is 1. The number of rotatable bonds is 6. The van der Waals surface area contributed by atoms with Crippen molar-refractivity contribution in [2.45, 2.75) is 34.1 Å². The molecular weight excluding hydrogens is 286 g/mol. The zero-order chi connectivity index (χ0) is 16.8. The van der Waals surface area contributed by atoms with Gasteiger partial charge in [-0.2, -0.15) is 0 Å². The van der Waals surface area contributed by atoms with E-state index in [9.17, 15) is 4.79 Å². The smallest absolute Gasteiger partial charge is 0.257 e. The molecule has 0 fully saturated rings. The molecule has 0 radical (unpaired) electrons. The van der Waals surface area contributed by atoms with Crippen molar-refractivity contribution in [3.8, 4) is 0 Å². The fourth-order valence-electron chi connectivity index (χ4n) is 2.31. The van der Waals surface area contributed by atoms with Gasteiger partial charge < -0.3 is 10.6 Å². The van der Waals surface area contributed by atoms with Crippen LogP contribution in [0.15, 0.2) is 36.7 Å². The highest BCUT2D eigenvalue weighted by molar-refractivity contribution is 6.04. The topological polar surface area (TPSA) is 54.0 Å². The van der Waals surface area contributed by atoms with E-state index in [1.807, 2.05) is 32.0 Å². The summed E-state index contributed by atoms with van der Waals surface area (Å²) in [6.45, 7) is 9.28. The molecule has 0 bridgehead atoms. The van der Waals surface area contributed by atoms with E-state index in [0.717, 1.165) is 29.9 Å². The Bertz CT molecular complexity index is 680. The van der Waals surface area contributed by atoms with Gasteiger partial charge in [-0.25, -0.2) is 0 Å². The van der Waals surface area contributed by atoms with Gasteiger partial charge in [0.1, 0.15) is 0 Å². The molecule has 0 saturated heterocycles. The molecule has 2 rings (SSSR count). The van der Waals surface area contributed by atoms with Gasteiger partial charge in [0.25, 0.3) is 5.91 Å². The summed E-state index contributed by atoms with van der Waals surface area (Å²) < 4.78 is 0. The first kappa shape index (κ1) is 17.0. The maximum atomic E-state index is 12.4. The second kappa shape index (κ2) is 7.77. The van der Waals surface area contributed by atoms with Gasteiger partial charge >= 0.3 is 0 Å². The first-order chi connectivity index (χ1) is 11.0. The lowest BCUT2D eigenvalue weighted by molar-refractivity contribution is 0.102. The number of aromatic nitrogens is 1. The van der Waals surface area contributed by atoms with Gasteiger partial charge in [-0.3, -0.25) is 9.78 Å². The molecule has 0 saturated carbocycles. The van der Waals surface area contributed by atoms with Crippen LogP contribution < -0.4 is 10.6 Å². The molecule has 0 aliphatic rings. The molecule has 0 aliphatic heterocycles. The van der Waals surface area contributed by atoms with E-state index in [-0.39, 0.29) is 5.91 Å². The highest BCUT2D eigenvalue weighted by atomic mass is 16.1. The molecule has 4 heteroatoms. The van der Waals surface area contributed by atoms with Gasteiger partial charge in [0.05, 0.1) is 11.3 Å². The predicted molar refractivity (Wildman–Crippen MR) is 96.1 cm³/mol. The lowest BCUT2D eigenvalue weighted by atomic mass is 10.1. The van der Waals surface area contributed by atoms with E-state index >= 15 is 0 Å². The molecule has 4 nitrogen and oxygen atoms in total. The van der Waals surface area contributed by atoms with Crippen LogP contribution in [0, 0.1) is 19.8 Å². The molecule has 0 atom stereocenters. The Hall–Kier alpha value is -2.36. The molecule has 0 spiro atoms.